The van der Waals surface area contributed by atoms with Gasteiger partial charge in [0.2, 0.25) is 0 Å². The third-order valence-corrected chi connectivity index (χ3v) is 1.60. The molecule has 0 unspecified atom stereocenters. The van der Waals surface area contributed by atoms with E-state index in [1.807, 2.05) is 6.92 Å². The summed E-state index contributed by atoms with van der Waals surface area (Å²) in [7, 11) is 0. The summed E-state index contributed by atoms with van der Waals surface area (Å²) >= 11 is 0. The van der Waals surface area contributed by atoms with Crippen LogP contribution in [-0.2, 0) is 0 Å². The van der Waals surface area contributed by atoms with Crippen LogP contribution >= 0.6 is 0 Å². The molecule has 0 aliphatic heterocycles. The number of rotatable bonds is 4. The number of hydrogen-bond donors (Lipinski definition) is 4. The van der Waals surface area contributed by atoms with Crippen molar-refractivity contribution in [3.8, 4) is 5.75 Å². The molecule has 5 nitrogen and oxygen atoms in total. The first-order valence-corrected chi connectivity index (χ1v) is 4.02. The quantitative estimate of drug-likeness (QED) is 0.406. The lowest BCUT2D eigenvalue weighted by Gasteiger charge is -2.10. The van der Waals surface area contributed by atoms with E-state index in [1.165, 1.54) is 0 Å². The van der Waals surface area contributed by atoms with E-state index in [-0.39, 0.29) is 0 Å². The van der Waals surface area contributed by atoms with Gasteiger partial charge >= 0.3 is 0 Å². The molecule has 0 aromatic heterocycles. The fraction of sp³-hybridized carbons (Fsp3) is 0.250. The molecular weight excluding hydrogens is 168 g/mol. The molecule has 0 aliphatic carbocycles. The van der Waals surface area contributed by atoms with E-state index in [4.69, 9.17) is 16.4 Å². The molecule has 1 aromatic carbocycles. The minimum absolute atomic E-state index is 0.586. The predicted molar refractivity (Wildman–Crippen MR) is 53.2 cm³/mol. The van der Waals surface area contributed by atoms with Crippen molar-refractivity contribution in [3.63, 3.8) is 0 Å². The molecule has 1 aromatic rings. The second kappa shape index (κ2) is 4.54. The first-order chi connectivity index (χ1) is 6.31. The van der Waals surface area contributed by atoms with E-state index in [0.29, 0.717) is 12.4 Å². The first-order valence-electron chi connectivity index (χ1n) is 4.02. The Morgan fingerprint density at radius 1 is 1.31 bits per heavy atom. The molecule has 0 fully saturated rings. The van der Waals surface area contributed by atoms with Crippen molar-refractivity contribution in [1.82, 2.24) is 0 Å². The monoisotopic (exact) mass is 182 g/mol. The number of nitrogen functional groups attached to an aromatic ring is 2. The summed E-state index contributed by atoms with van der Waals surface area (Å²) in [6.07, 6.45) is 0. The van der Waals surface area contributed by atoms with Crippen LogP contribution in [-0.4, -0.2) is 6.61 Å². The van der Waals surface area contributed by atoms with Gasteiger partial charge in [-0.3, -0.25) is 11.7 Å². The second-order valence-corrected chi connectivity index (χ2v) is 2.43. The number of anilines is 2. The third-order valence-electron chi connectivity index (χ3n) is 1.60. The highest BCUT2D eigenvalue weighted by molar-refractivity contribution is 5.62. The summed E-state index contributed by atoms with van der Waals surface area (Å²) in [5, 5.41) is 0. The van der Waals surface area contributed by atoms with Crippen LogP contribution < -0.4 is 27.3 Å². The molecule has 0 spiro atoms. The maximum absolute atomic E-state index is 5.33. The van der Waals surface area contributed by atoms with E-state index in [9.17, 15) is 0 Å². The largest absolute Gasteiger partial charge is 0.492 e. The van der Waals surface area contributed by atoms with Gasteiger partial charge in [0.25, 0.3) is 0 Å². The van der Waals surface area contributed by atoms with Gasteiger partial charge in [0.05, 0.1) is 18.0 Å². The van der Waals surface area contributed by atoms with Crippen LogP contribution in [0, 0.1) is 0 Å². The Labute approximate surface area is 77.0 Å². The van der Waals surface area contributed by atoms with Gasteiger partial charge in [-0.2, -0.15) is 0 Å². The summed E-state index contributed by atoms with van der Waals surface area (Å²) < 4.78 is 5.33. The number of nitrogens with two attached hydrogens (primary N) is 2. The molecule has 13 heavy (non-hydrogen) atoms. The van der Waals surface area contributed by atoms with Crippen molar-refractivity contribution in [1.29, 1.82) is 0 Å². The molecule has 0 bridgehead atoms. The number of benzene rings is 1. The van der Waals surface area contributed by atoms with Crippen LogP contribution in [0.5, 0.6) is 5.75 Å². The fourth-order valence-corrected chi connectivity index (χ4v) is 1.01. The topological polar surface area (TPSA) is 85.3 Å². The average molecular weight is 182 g/mol. The summed E-state index contributed by atoms with van der Waals surface area (Å²) in [4.78, 5) is 0. The molecule has 0 amide bonds. The van der Waals surface area contributed by atoms with Gasteiger partial charge in [0.1, 0.15) is 5.75 Å². The second-order valence-electron chi connectivity index (χ2n) is 2.43. The zero-order chi connectivity index (χ0) is 9.68. The minimum atomic E-state index is 0.586. The van der Waals surface area contributed by atoms with E-state index < -0.39 is 0 Å². The maximum Gasteiger partial charge on any atom is 0.145 e. The van der Waals surface area contributed by atoms with Gasteiger partial charge in [0.15, 0.2) is 0 Å². The molecule has 6 N–H and O–H groups in total. The number of ether oxygens (including phenoxy) is 1. The summed E-state index contributed by atoms with van der Waals surface area (Å²) in [6.45, 7) is 2.49. The van der Waals surface area contributed by atoms with E-state index in [1.54, 1.807) is 18.2 Å². The van der Waals surface area contributed by atoms with Crippen LogP contribution in [0.2, 0.25) is 0 Å². The van der Waals surface area contributed by atoms with E-state index in [2.05, 4.69) is 10.9 Å². The highest BCUT2D eigenvalue weighted by Gasteiger charge is 2.02. The zero-order valence-corrected chi connectivity index (χ0v) is 7.50. The summed E-state index contributed by atoms with van der Waals surface area (Å²) in [6, 6.07) is 5.37. The van der Waals surface area contributed by atoms with Crippen LogP contribution in [0.25, 0.3) is 0 Å². The van der Waals surface area contributed by atoms with Gasteiger partial charge < -0.3 is 15.6 Å². The number of hydrazine groups is 2. The highest BCUT2D eigenvalue weighted by atomic mass is 16.5. The Balaban J connectivity index is 2.95. The lowest BCUT2D eigenvalue weighted by molar-refractivity contribution is 0.342. The van der Waals surface area contributed by atoms with Crippen molar-refractivity contribution < 1.29 is 4.74 Å². The molecule has 0 saturated carbocycles. The molecule has 0 aliphatic rings. The van der Waals surface area contributed by atoms with Crippen LogP contribution in [0.1, 0.15) is 6.92 Å². The molecule has 72 valence electrons. The third kappa shape index (κ3) is 2.24. The minimum Gasteiger partial charge on any atom is -0.492 e. The summed E-state index contributed by atoms with van der Waals surface area (Å²) in [5.74, 6) is 11.2. The molecule has 5 heteroatoms. The SMILES string of the molecule is CCOc1cc(NN)ccc1NN. The molecular formula is C8H14N4O. The van der Waals surface area contributed by atoms with Crippen molar-refractivity contribution in [2.24, 2.45) is 11.7 Å². The fourth-order valence-electron chi connectivity index (χ4n) is 1.01. The maximum atomic E-state index is 5.33. The number of hydrogen-bond acceptors (Lipinski definition) is 5. The van der Waals surface area contributed by atoms with Gasteiger partial charge in [-0.1, -0.05) is 0 Å². The molecule has 0 heterocycles. The highest BCUT2D eigenvalue weighted by Crippen LogP contribution is 2.26. The molecule has 0 saturated heterocycles. The Morgan fingerprint density at radius 3 is 2.62 bits per heavy atom. The van der Waals surface area contributed by atoms with Gasteiger partial charge in [-0.05, 0) is 19.1 Å². The lowest BCUT2D eigenvalue weighted by atomic mass is 10.2. The normalized spacial score (nSPS) is 9.46. The Kier molecular flexibility index (Phi) is 3.36. The van der Waals surface area contributed by atoms with Crippen LogP contribution in [0.4, 0.5) is 11.4 Å². The Hall–Kier alpha value is -1.46. The Morgan fingerprint density at radius 2 is 2.08 bits per heavy atom. The van der Waals surface area contributed by atoms with Gasteiger partial charge in [-0.25, -0.2) is 0 Å². The van der Waals surface area contributed by atoms with Crippen molar-refractivity contribution in [3.05, 3.63) is 18.2 Å². The van der Waals surface area contributed by atoms with Crippen molar-refractivity contribution >= 4 is 11.4 Å². The van der Waals surface area contributed by atoms with Crippen LogP contribution in [0.3, 0.4) is 0 Å². The Bertz CT molecular complexity index is 277. The predicted octanol–water partition coefficient (Wildman–Crippen LogP) is 0.657. The summed E-state index contributed by atoms with van der Waals surface area (Å²) in [5.41, 5.74) is 6.58. The number of nitrogens with one attached hydrogen (secondary N) is 2. The zero-order valence-electron chi connectivity index (χ0n) is 7.50. The first kappa shape index (κ1) is 9.63. The lowest BCUT2D eigenvalue weighted by Crippen LogP contribution is -2.11. The van der Waals surface area contributed by atoms with Gasteiger partial charge in [-0.15, -0.1) is 0 Å². The van der Waals surface area contributed by atoms with Crippen molar-refractivity contribution in [2.75, 3.05) is 17.5 Å². The molecule has 1 rings (SSSR count). The standard InChI is InChI=1S/C8H14N4O/c1-2-13-8-5-6(11-9)3-4-7(8)12-10/h3-5,11-12H,2,9-10H2,1H3. The molecule has 0 radical (unpaired) electrons. The van der Waals surface area contributed by atoms with Gasteiger partial charge in [0, 0.05) is 6.07 Å². The molecule has 0 atom stereocenters. The van der Waals surface area contributed by atoms with Crippen LogP contribution in [0.15, 0.2) is 18.2 Å². The van der Waals surface area contributed by atoms with E-state index >= 15 is 0 Å². The van der Waals surface area contributed by atoms with Crippen molar-refractivity contribution in [2.45, 2.75) is 6.92 Å². The smallest absolute Gasteiger partial charge is 0.145 e. The average Bonchev–Trinajstić information content (AvgIpc) is 2.18. The van der Waals surface area contributed by atoms with E-state index in [0.717, 1.165) is 11.4 Å².